The van der Waals surface area contributed by atoms with Crippen molar-refractivity contribution in [2.75, 3.05) is 6.54 Å². The number of aliphatic hydroxyl groups is 1. The van der Waals surface area contributed by atoms with E-state index in [0.29, 0.717) is 24.5 Å². The van der Waals surface area contributed by atoms with Gasteiger partial charge in [-0.2, -0.15) is 0 Å². The third-order valence-electron chi connectivity index (χ3n) is 5.07. The second kappa shape index (κ2) is 7.04. The maximum atomic E-state index is 11.5. The predicted octanol–water partition coefficient (Wildman–Crippen LogP) is 4.21. The molecule has 0 aromatic heterocycles. The number of carbonyl (C=O) groups is 1. The van der Waals surface area contributed by atoms with Crippen LogP contribution in [-0.4, -0.2) is 34.5 Å². The van der Waals surface area contributed by atoms with Gasteiger partial charge in [-0.3, -0.25) is 4.99 Å². The minimum Gasteiger partial charge on any atom is -0.477 e. The lowest BCUT2D eigenvalue weighted by molar-refractivity contribution is -0.129. The number of aryl methyl sites for hydroxylation is 2. The molecule has 3 rings (SSSR count). The van der Waals surface area contributed by atoms with Crippen LogP contribution in [0.5, 0.6) is 0 Å². The molecule has 26 heavy (non-hydrogen) atoms. The molecule has 1 heterocycles. The molecule has 0 spiro atoms. The SMILES string of the molecule is Cc1cc(C=C2C(C(=O)O)=NCCC2O)c2c(C)ccc(C(C)C)cc1-2. The number of rotatable bonds is 3. The highest BCUT2D eigenvalue weighted by Crippen LogP contribution is 2.37. The molecule has 136 valence electrons. The van der Waals surface area contributed by atoms with Gasteiger partial charge in [-0.15, -0.1) is 0 Å². The van der Waals surface area contributed by atoms with Crippen molar-refractivity contribution in [3.8, 4) is 11.1 Å². The van der Waals surface area contributed by atoms with E-state index < -0.39 is 12.1 Å². The summed E-state index contributed by atoms with van der Waals surface area (Å²) in [6, 6.07) is 8.54. The molecule has 0 saturated heterocycles. The summed E-state index contributed by atoms with van der Waals surface area (Å²) in [6.45, 7) is 8.82. The Morgan fingerprint density at radius 2 is 1.96 bits per heavy atom. The average molecular weight is 351 g/mol. The first-order valence-electron chi connectivity index (χ1n) is 9.01. The van der Waals surface area contributed by atoms with Gasteiger partial charge in [0, 0.05) is 12.1 Å². The van der Waals surface area contributed by atoms with Gasteiger partial charge in [0.25, 0.3) is 0 Å². The number of carboxylic acid groups (broad SMARTS) is 1. The topological polar surface area (TPSA) is 69.9 Å². The number of aliphatic hydroxyl groups excluding tert-OH is 1. The standard InChI is InChI=1S/C22H25NO3/c1-12(2)15-6-5-13(3)20-16(9-14(4)17(20)10-15)11-18-19(24)7-8-23-21(18)22(25)26/h5-6,9-12,19,24H,7-8H2,1-4H3,(H,25,26). The van der Waals surface area contributed by atoms with Gasteiger partial charge in [0.2, 0.25) is 0 Å². The summed E-state index contributed by atoms with van der Waals surface area (Å²) in [5.41, 5.74) is 7.11. The van der Waals surface area contributed by atoms with Crippen LogP contribution in [0.15, 0.2) is 34.8 Å². The second-order valence-electron chi connectivity index (χ2n) is 7.33. The van der Waals surface area contributed by atoms with Crippen molar-refractivity contribution in [1.29, 1.82) is 0 Å². The highest BCUT2D eigenvalue weighted by molar-refractivity contribution is 6.44. The number of aliphatic imine (C=N–C) groups is 1. The maximum absolute atomic E-state index is 11.5. The average Bonchev–Trinajstić information content (AvgIpc) is 2.75. The van der Waals surface area contributed by atoms with Crippen molar-refractivity contribution >= 4 is 17.8 Å². The quantitative estimate of drug-likeness (QED) is 0.870. The Morgan fingerprint density at radius 3 is 2.62 bits per heavy atom. The Morgan fingerprint density at radius 1 is 1.23 bits per heavy atom. The second-order valence-corrected chi connectivity index (χ2v) is 7.33. The van der Waals surface area contributed by atoms with Gasteiger partial charge in [0.1, 0.15) is 5.71 Å². The lowest BCUT2D eigenvalue weighted by atomic mass is 9.94. The molecule has 3 aliphatic rings. The molecular formula is C22H25NO3. The van der Waals surface area contributed by atoms with E-state index in [1.54, 1.807) is 6.08 Å². The third-order valence-corrected chi connectivity index (χ3v) is 5.07. The van der Waals surface area contributed by atoms with Crippen LogP contribution >= 0.6 is 0 Å². The number of nitrogens with zero attached hydrogens (tertiary/aromatic N) is 1. The fourth-order valence-electron chi connectivity index (χ4n) is 3.58. The summed E-state index contributed by atoms with van der Waals surface area (Å²) in [6.07, 6.45) is 1.45. The predicted molar refractivity (Wildman–Crippen MR) is 105 cm³/mol. The molecule has 4 heteroatoms. The summed E-state index contributed by atoms with van der Waals surface area (Å²) in [4.78, 5) is 15.6. The molecule has 0 amide bonds. The molecule has 0 saturated carbocycles. The van der Waals surface area contributed by atoms with Gasteiger partial charge in [-0.25, -0.2) is 4.79 Å². The van der Waals surface area contributed by atoms with Gasteiger partial charge in [-0.1, -0.05) is 38.1 Å². The van der Waals surface area contributed by atoms with E-state index in [0.717, 1.165) is 22.3 Å². The summed E-state index contributed by atoms with van der Waals surface area (Å²) in [5.74, 6) is -0.668. The Hall–Kier alpha value is -2.46. The fourth-order valence-corrected chi connectivity index (χ4v) is 3.58. The maximum Gasteiger partial charge on any atom is 0.354 e. The first kappa shape index (κ1) is 18.3. The van der Waals surface area contributed by atoms with Crippen molar-refractivity contribution in [1.82, 2.24) is 0 Å². The minimum atomic E-state index is -1.09. The van der Waals surface area contributed by atoms with E-state index in [1.165, 1.54) is 11.1 Å². The van der Waals surface area contributed by atoms with E-state index in [-0.39, 0.29) is 5.71 Å². The first-order chi connectivity index (χ1) is 12.3. The van der Waals surface area contributed by atoms with Crippen LogP contribution in [-0.2, 0) is 4.79 Å². The number of hydrogen-bond donors (Lipinski definition) is 2. The molecular weight excluding hydrogens is 326 g/mol. The number of hydrogen-bond acceptors (Lipinski definition) is 3. The molecule has 1 unspecified atom stereocenters. The summed E-state index contributed by atoms with van der Waals surface area (Å²) >= 11 is 0. The fraction of sp³-hybridized carbons (Fsp3) is 0.364. The van der Waals surface area contributed by atoms with Gasteiger partial charge in [0.05, 0.1) is 6.10 Å². The van der Waals surface area contributed by atoms with Crippen LogP contribution in [0.25, 0.3) is 17.2 Å². The minimum absolute atomic E-state index is 0.0309. The molecule has 2 aliphatic carbocycles. The smallest absolute Gasteiger partial charge is 0.354 e. The van der Waals surface area contributed by atoms with Gasteiger partial charge >= 0.3 is 5.97 Å². The lowest BCUT2D eigenvalue weighted by Crippen LogP contribution is -2.29. The van der Waals surface area contributed by atoms with E-state index in [2.05, 4.69) is 57.0 Å². The zero-order chi connectivity index (χ0) is 19.0. The highest BCUT2D eigenvalue weighted by atomic mass is 16.4. The molecule has 0 bridgehead atoms. The molecule has 2 N–H and O–H groups in total. The van der Waals surface area contributed by atoms with Crippen molar-refractivity contribution in [3.63, 3.8) is 0 Å². The lowest BCUT2D eigenvalue weighted by Gasteiger charge is -2.19. The normalized spacial score (nSPS) is 19.2. The monoisotopic (exact) mass is 351 g/mol. The number of fused-ring (bicyclic) bond motifs is 1. The van der Waals surface area contributed by atoms with Crippen LogP contribution in [0.1, 0.15) is 48.4 Å². The molecule has 1 aliphatic heterocycles. The summed E-state index contributed by atoms with van der Waals surface area (Å²) in [5, 5.41) is 19.8. The van der Waals surface area contributed by atoms with Gasteiger partial charge in [-0.05, 0) is 65.6 Å². The van der Waals surface area contributed by atoms with E-state index in [9.17, 15) is 15.0 Å². The number of carboxylic acids is 1. The Kier molecular flexibility index (Phi) is 4.97. The van der Waals surface area contributed by atoms with Crippen molar-refractivity contribution in [3.05, 3.63) is 52.1 Å². The molecule has 0 aromatic carbocycles. The van der Waals surface area contributed by atoms with Crippen molar-refractivity contribution < 1.29 is 15.0 Å². The van der Waals surface area contributed by atoms with E-state index in [4.69, 9.17) is 0 Å². The van der Waals surface area contributed by atoms with Crippen LogP contribution in [0.2, 0.25) is 0 Å². The Balaban J connectivity index is 2.20. The molecule has 0 radical (unpaired) electrons. The zero-order valence-electron chi connectivity index (χ0n) is 15.7. The van der Waals surface area contributed by atoms with E-state index >= 15 is 0 Å². The van der Waals surface area contributed by atoms with E-state index in [1.807, 2.05) is 0 Å². The van der Waals surface area contributed by atoms with Gasteiger partial charge < -0.3 is 10.2 Å². The Bertz CT molecular complexity index is 893. The van der Waals surface area contributed by atoms with Crippen molar-refractivity contribution in [2.45, 2.75) is 46.1 Å². The summed E-state index contributed by atoms with van der Waals surface area (Å²) in [7, 11) is 0. The number of aliphatic carboxylic acids is 1. The molecule has 0 aromatic rings. The third kappa shape index (κ3) is 3.29. The van der Waals surface area contributed by atoms with Crippen molar-refractivity contribution in [2.24, 2.45) is 4.99 Å². The van der Waals surface area contributed by atoms with Crippen LogP contribution < -0.4 is 0 Å². The largest absolute Gasteiger partial charge is 0.477 e. The molecule has 1 atom stereocenters. The highest BCUT2D eigenvalue weighted by Gasteiger charge is 2.27. The van der Waals surface area contributed by atoms with Gasteiger partial charge in [0.15, 0.2) is 0 Å². The zero-order valence-corrected chi connectivity index (χ0v) is 15.7. The Labute approximate surface area is 154 Å². The van der Waals surface area contributed by atoms with Crippen LogP contribution in [0, 0.1) is 13.8 Å². The summed E-state index contributed by atoms with van der Waals surface area (Å²) < 4.78 is 0. The molecule has 0 fully saturated rings. The first-order valence-corrected chi connectivity index (χ1v) is 9.01. The molecule has 4 nitrogen and oxygen atoms in total. The van der Waals surface area contributed by atoms with Crippen LogP contribution in [0.4, 0.5) is 0 Å². The van der Waals surface area contributed by atoms with Crippen LogP contribution in [0.3, 0.4) is 0 Å².